The average molecular weight is 412 g/mol. The lowest BCUT2D eigenvalue weighted by Gasteiger charge is -2.17. The van der Waals surface area contributed by atoms with Crippen molar-refractivity contribution >= 4 is 28.3 Å². The summed E-state index contributed by atoms with van der Waals surface area (Å²) in [4.78, 5) is 18.6. The number of hydrogen-bond acceptors (Lipinski definition) is 5. The minimum absolute atomic E-state index is 0.0496. The second kappa shape index (κ2) is 10.6. The largest absolute Gasteiger partial charge is 0.441 e. The molecule has 1 N–H and O–H groups in total. The van der Waals surface area contributed by atoms with Gasteiger partial charge in [-0.15, -0.1) is 0 Å². The Hall–Kier alpha value is -1.70. The molecule has 148 valence electrons. The standard InChI is InChI=1S/C19H26ClN3O3S/c1-4-23(5-2)11-10-21-18(24)13-27(25)12-17-14(3)26-19(22-17)15-8-6-7-9-16(15)20/h6-9H,4-5,10-13H2,1-3H3,(H,21,24)/t27-/m0/s1. The zero-order valence-corrected chi connectivity index (χ0v) is 17.5. The van der Waals surface area contributed by atoms with Gasteiger partial charge in [-0.3, -0.25) is 9.00 Å². The molecule has 0 aliphatic carbocycles. The van der Waals surface area contributed by atoms with Gasteiger partial charge in [0.1, 0.15) is 11.5 Å². The Morgan fingerprint density at radius 2 is 2.00 bits per heavy atom. The lowest BCUT2D eigenvalue weighted by molar-refractivity contribution is -0.118. The van der Waals surface area contributed by atoms with Crippen LogP contribution in [0.25, 0.3) is 11.5 Å². The van der Waals surface area contributed by atoms with Gasteiger partial charge in [0.2, 0.25) is 11.8 Å². The van der Waals surface area contributed by atoms with Crippen molar-refractivity contribution in [2.75, 3.05) is 31.9 Å². The quantitative estimate of drug-likeness (QED) is 0.650. The summed E-state index contributed by atoms with van der Waals surface area (Å²) in [6.07, 6.45) is 0. The van der Waals surface area contributed by atoms with Crippen molar-refractivity contribution in [2.24, 2.45) is 0 Å². The van der Waals surface area contributed by atoms with Crippen LogP contribution in [-0.2, 0) is 21.3 Å². The van der Waals surface area contributed by atoms with E-state index in [-0.39, 0.29) is 17.4 Å². The molecule has 0 unspecified atom stereocenters. The summed E-state index contributed by atoms with van der Waals surface area (Å²) in [5, 5.41) is 3.36. The Morgan fingerprint density at radius 3 is 2.67 bits per heavy atom. The number of nitrogens with zero attached hydrogens (tertiary/aromatic N) is 2. The SMILES string of the molecule is CCN(CC)CCNC(=O)C[S@@](=O)Cc1nc(-c2ccccc2Cl)oc1C. The molecule has 27 heavy (non-hydrogen) atoms. The van der Waals surface area contributed by atoms with Crippen LogP contribution in [0.5, 0.6) is 0 Å². The fourth-order valence-electron chi connectivity index (χ4n) is 2.61. The number of carbonyl (C=O) groups is 1. The third kappa shape index (κ3) is 6.45. The zero-order valence-electron chi connectivity index (χ0n) is 16.0. The molecule has 1 heterocycles. The van der Waals surface area contributed by atoms with Crippen molar-refractivity contribution < 1.29 is 13.4 Å². The van der Waals surface area contributed by atoms with E-state index in [1.54, 1.807) is 13.0 Å². The summed E-state index contributed by atoms with van der Waals surface area (Å²) in [5.74, 6) is 0.886. The first-order valence-electron chi connectivity index (χ1n) is 8.99. The number of likely N-dealkylation sites (N-methyl/N-ethyl adjacent to an activating group) is 1. The van der Waals surface area contributed by atoms with Crippen LogP contribution in [0, 0.1) is 6.92 Å². The molecule has 1 amide bonds. The highest BCUT2D eigenvalue weighted by atomic mass is 35.5. The Labute approximate surface area is 167 Å². The predicted molar refractivity (Wildman–Crippen MR) is 109 cm³/mol. The second-order valence-electron chi connectivity index (χ2n) is 6.11. The third-order valence-corrected chi connectivity index (χ3v) is 5.74. The summed E-state index contributed by atoms with van der Waals surface area (Å²) in [7, 11) is -1.36. The van der Waals surface area contributed by atoms with Crippen molar-refractivity contribution in [3.05, 3.63) is 40.7 Å². The lowest BCUT2D eigenvalue weighted by Crippen LogP contribution is -2.36. The molecule has 8 heteroatoms. The highest BCUT2D eigenvalue weighted by Crippen LogP contribution is 2.28. The summed E-state index contributed by atoms with van der Waals surface area (Å²) in [5.41, 5.74) is 1.27. The topological polar surface area (TPSA) is 75.4 Å². The summed E-state index contributed by atoms with van der Waals surface area (Å²) >= 11 is 6.17. The van der Waals surface area contributed by atoms with Gasteiger partial charge in [-0.25, -0.2) is 4.98 Å². The van der Waals surface area contributed by atoms with E-state index >= 15 is 0 Å². The number of rotatable bonds is 10. The van der Waals surface area contributed by atoms with Crippen molar-refractivity contribution in [3.63, 3.8) is 0 Å². The Morgan fingerprint density at radius 1 is 1.30 bits per heavy atom. The second-order valence-corrected chi connectivity index (χ2v) is 7.97. The van der Waals surface area contributed by atoms with E-state index in [0.29, 0.717) is 34.5 Å². The molecular formula is C19H26ClN3O3S. The first-order chi connectivity index (χ1) is 12.9. The maximum absolute atomic E-state index is 12.3. The molecule has 0 radical (unpaired) electrons. The average Bonchev–Trinajstić information content (AvgIpc) is 2.99. The van der Waals surface area contributed by atoms with E-state index in [1.165, 1.54) is 0 Å². The van der Waals surface area contributed by atoms with Gasteiger partial charge in [-0.1, -0.05) is 37.6 Å². The number of hydrogen-bond donors (Lipinski definition) is 1. The van der Waals surface area contributed by atoms with Crippen molar-refractivity contribution in [1.82, 2.24) is 15.2 Å². The molecule has 0 aliphatic heterocycles. The number of nitrogens with one attached hydrogen (secondary N) is 1. The lowest BCUT2D eigenvalue weighted by atomic mass is 10.2. The molecule has 0 spiro atoms. The van der Waals surface area contributed by atoms with Crippen LogP contribution in [0.2, 0.25) is 5.02 Å². The Bertz CT molecular complexity index is 790. The summed E-state index contributed by atoms with van der Waals surface area (Å²) < 4.78 is 18.0. The summed E-state index contributed by atoms with van der Waals surface area (Å²) in [6, 6.07) is 7.26. The molecule has 0 bridgehead atoms. The molecule has 0 fully saturated rings. The minimum atomic E-state index is -1.36. The van der Waals surface area contributed by atoms with Gasteiger partial charge in [-0.05, 0) is 32.1 Å². The predicted octanol–water partition coefficient (Wildman–Crippen LogP) is 3.01. The van der Waals surface area contributed by atoms with Gasteiger partial charge >= 0.3 is 0 Å². The first kappa shape index (κ1) is 21.6. The van der Waals surface area contributed by atoms with Crippen molar-refractivity contribution in [3.8, 4) is 11.5 Å². The van der Waals surface area contributed by atoms with E-state index in [9.17, 15) is 9.00 Å². The number of benzene rings is 1. The monoisotopic (exact) mass is 411 g/mol. The van der Waals surface area contributed by atoms with E-state index < -0.39 is 10.8 Å². The van der Waals surface area contributed by atoms with Crippen molar-refractivity contribution in [1.29, 1.82) is 0 Å². The number of oxazole rings is 1. The van der Waals surface area contributed by atoms with E-state index in [1.807, 2.05) is 18.2 Å². The normalized spacial score (nSPS) is 12.3. The maximum atomic E-state index is 12.3. The smallest absolute Gasteiger partial charge is 0.232 e. The number of amides is 1. The van der Waals surface area contributed by atoms with Crippen LogP contribution in [0.15, 0.2) is 28.7 Å². The molecule has 1 aromatic heterocycles. The van der Waals surface area contributed by atoms with E-state index in [0.717, 1.165) is 19.6 Å². The fraction of sp³-hybridized carbons (Fsp3) is 0.474. The van der Waals surface area contributed by atoms with Crippen LogP contribution in [0.4, 0.5) is 0 Å². The van der Waals surface area contributed by atoms with Gasteiger partial charge in [-0.2, -0.15) is 0 Å². The van der Waals surface area contributed by atoms with E-state index in [2.05, 4.69) is 29.0 Å². The molecule has 2 aromatic rings. The van der Waals surface area contributed by atoms with Gasteiger partial charge in [0, 0.05) is 23.9 Å². The molecule has 2 rings (SSSR count). The van der Waals surface area contributed by atoms with E-state index in [4.69, 9.17) is 16.0 Å². The van der Waals surface area contributed by atoms with Crippen LogP contribution in [0.3, 0.4) is 0 Å². The van der Waals surface area contributed by atoms with Gasteiger partial charge in [0.25, 0.3) is 0 Å². The number of aryl methyl sites for hydroxylation is 1. The Kier molecular flexibility index (Phi) is 8.47. The summed E-state index contributed by atoms with van der Waals surface area (Å²) in [6.45, 7) is 9.15. The van der Waals surface area contributed by atoms with Gasteiger partial charge in [0.15, 0.2) is 0 Å². The maximum Gasteiger partial charge on any atom is 0.232 e. The van der Waals surface area contributed by atoms with Crippen LogP contribution >= 0.6 is 11.6 Å². The molecule has 1 aromatic carbocycles. The number of carbonyl (C=O) groups excluding carboxylic acids is 1. The fourth-order valence-corrected chi connectivity index (χ4v) is 3.89. The van der Waals surface area contributed by atoms with Crippen LogP contribution < -0.4 is 5.32 Å². The first-order valence-corrected chi connectivity index (χ1v) is 10.9. The molecule has 0 saturated carbocycles. The van der Waals surface area contributed by atoms with Crippen molar-refractivity contribution in [2.45, 2.75) is 26.5 Å². The zero-order chi connectivity index (χ0) is 19.8. The molecule has 1 atom stereocenters. The van der Waals surface area contributed by atoms with Crippen LogP contribution in [-0.4, -0.2) is 51.9 Å². The molecular weight excluding hydrogens is 386 g/mol. The highest BCUT2D eigenvalue weighted by Gasteiger charge is 2.17. The number of halogens is 1. The van der Waals surface area contributed by atoms with Gasteiger partial charge < -0.3 is 14.6 Å². The molecule has 0 aliphatic rings. The van der Waals surface area contributed by atoms with Crippen LogP contribution in [0.1, 0.15) is 25.3 Å². The minimum Gasteiger partial charge on any atom is -0.441 e. The third-order valence-electron chi connectivity index (χ3n) is 4.23. The number of aromatic nitrogens is 1. The van der Waals surface area contributed by atoms with Gasteiger partial charge in [0.05, 0.1) is 22.0 Å². The highest BCUT2D eigenvalue weighted by molar-refractivity contribution is 7.84. The molecule has 0 saturated heterocycles. The molecule has 6 nitrogen and oxygen atoms in total. The Balaban J connectivity index is 1.89.